The highest BCUT2D eigenvalue weighted by Crippen LogP contribution is 2.24. The molecule has 0 aromatic rings. The molecule has 1 aliphatic carbocycles. The van der Waals surface area contributed by atoms with Gasteiger partial charge in [0.15, 0.2) is 0 Å². The quantitative estimate of drug-likeness (QED) is 0.438. The largest absolute Gasteiger partial charge is 0.0826 e. The zero-order valence-corrected chi connectivity index (χ0v) is 7.94. The first-order valence-corrected chi connectivity index (χ1v) is 4.78. The van der Waals surface area contributed by atoms with E-state index in [0.717, 1.165) is 3.92 Å². The van der Waals surface area contributed by atoms with Crippen molar-refractivity contribution in [3.63, 3.8) is 0 Å². The first-order chi connectivity index (χ1) is 3.89. The molecule has 0 N–H and O–H groups in total. The highest BCUT2D eigenvalue weighted by molar-refractivity contribution is 14.1. The van der Waals surface area contributed by atoms with Crippen molar-refractivity contribution in [3.8, 4) is 0 Å². The summed E-state index contributed by atoms with van der Waals surface area (Å²) in [6, 6.07) is 0. The number of rotatable bonds is 0. The molecule has 0 saturated heterocycles. The molecule has 0 aromatic heterocycles. The maximum absolute atomic E-state index is 2.53. The lowest BCUT2D eigenvalue weighted by molar-refractivity contribution is 0.886. The molecule has 0 aromatic carbocycles. The van der Waals surface area contributed by atoms with E-state index in [1.165, 1.54) is 25.7 Å². The van der Waals surface area contributed by atoms with Crippen molar-refractivity contribution in [2.75, 3.05) is 0 Å². The zero-order chi connectivity index (χ0) is 6.41. The SMILES string of the molecule is CC.IC1CCCC1. The number of halogens is 1. The van der Waals surface area contributed by atoms with Crippen LogP contribution in [-0.2, 0) is 0 Å². The van der Waals surface area contributed by atoms with E-state index in [1.54, 1.807) is 0 Å². The second-order valence-corrected chi connectivity index (χ2v) is 3.64. The van der Waals surface area contributed by atoms with Gasteiger partial charge in [-0.25, -0.2) is 0 Å². The maximum Gasteiger partial charge on any atom is 0.0110 e. The molecule has 8 heavy (non-hydrogen) atoms. The third-order valence-electron chi connectivity index (χ3n) is 1.28. The fourth-order valence-electron chi connectivity index (χ4n) is 0.876. The summed E-state index contributed by atoms with van der Waals surface area (Å²) in [5, 5.41) is 0. The van der Waals surface area contributed by atoms with Crippen molar-refractivity contribution < 1.29 is 0 Å². The third kappa shape index (κ3) is 3.70. The second kappa shape index (κ2) is 5.86. The Hall–Kier alpha value is 0.730. The predicted octanol–water partition coefficient (Wildman–Crippen LogP) is 3.39. The lowest BCUT2D eigenvalue weighted by Crippen LogP contribution is -1.81. The maximum atomic E-state index is 2.53. The summed E-state index contributed by atoms with van der Waals surface area (Å²) in [7, 11) is 0. The summed E-state index contributed by atoms with van der Waals surface area (Å²) in [4.78, 5) is 0. The second-order valence-electron chi connectivity index (χ2n) is 1.88. The van der Waals surface area contributed by atoms with Gasteiger partial charge in [-0.2, -0.15) is 0 Å². The van der Waals surface area contributed by atoms with Gasteiger partial charge >= 0.3 is 0 Å². The molecule has 0 unspecified atom stereocenters. The van der Waals surface area contributed by atoms with Crippen molar-refractivity contribution >= 4 is 22.6 Å². The topological polar surface area (TPSA) is 0 Å². The summed E-state index contributed by atoms with van der Waals surface area (Å²) in [6.07, 6.45) is 5.91. The Morgan fingerprint density at radius 2 is 1.50 bits per heavy atom. The standard InChI is InChI=1S/C5H9I.C2H6/c6-5-3-1-2-4-5;1-2/h5H,1-4H2;1-2H3. The van der Waals surface area contributed by atoms with Gasteiger partial charge in [-0.05, 0) is 12.8 Å². The van der Waals surface area contributed by atoms with Crippen LogP contribution in [-0.4, -0.2) is 3.92 Å². The van der Waals surface area contributed by atoms with E-state index in [1.807, 2.05) is 13.8 Å². The minimum Gasteiger partial charge on any atom is -0.0826 e. The number of hydrogen-bond donors (Lipinski definition) is 0. The van der Waals surface area contributed by atoms with Crippen LogP contribution in [0.2, 0.25) is 0 Å². The van der Waals surface area contributed by atoms with E-state index in [2.05, 4.69) is 22.6 Å². The van der Waals surface area contributed by atoms with E-state index in [9.17, 15) is 0 Å². The number of alkyl halides is 1. The fourth-order valence-corrected chi connectivity index (χ4v) is 1.76. The van der Waals surface area contributed by atoms with Gasteiger partial charge in [0.2, 0.25) is 0 Å². The van der Waals surface area contributed by atoms with Crippen LogP contribution in [0.15, 0.2) is 0 Å². The molecule has 1 heteroatoms. The van der Waals surface area contributed by atoms with Gasteiger partial charge in [0.25, 0.3) is 0 Å². The molecule has 0 nitrogen and oxygen atoms in total. The first kappa shape index (κ1) is 8.73. The molecule has 0 spiro atoms. The average Bonchev–Trinajstić information content (AvgIpc) is 2.24. The van der Waals surface area contributed by atoms with Crippen LogP contribution in [0.25, 0.3) is 0 Å². The van der Waals surface area contributed by atoms with Crippen LogP contribution in [0.3, 0.4) is 0 Å². The van der Waals surface area contributed by atoms with E-state index in [0.29, 0.717) is 0 Å². The molecule has 0 bridgehead atoms. The summed E-state index contributed by atoms with van der Waals surface area (Å²) in [5.74, 6) is 0. The van der Waals surface area contributed by atoms with Crippen LogP contribution in [0, 0.1) is 0 Å². The normalized spacial score (nSPS) is 19.9. The molecule has 50 valence electrons. The van der Waals surface area contributed by atoms with Crippen LogP contribution >= 0.6 is 22.6 Å². The highest BCUT2D eigenvalue weighted by Gasteiger charge is 2.09. The van der Waals surface area contributed by atoms with Gasteiger partial charge in [0.1, 0.15) is 0 Å². The summed E-state index contributed by atoms with van der Waals surface area (Å²) in [6.45, 7) is 4.00. The smallest absolute Gasteiger partial charge is 0.0110 e. The summed E-state index contributed by atoms with van der Waals surface area (Å²) in [5.41, 5.74) is 0. The zero-order valence-electron chi connectivity index (χ0n) is 5.78. The van der Waals surface area contributed by atoms with E-state index in [4.69, 9.17) is 0 Å². The predicted molar refractivity (Wildman–Crippen MR) is 47.6 cm³/mol. The Bertz CT molecular complexity index is 37.7. The van der Waals surface area contributed by atoms with Crippen molar-refractivity contribution in [1.82, 2.24) is 0 Å². The van der Waals surface area contributed by atoms with Gasteiger partial charge in [-0.15, -0.1) is 0 Å². The van der Waals surface area contributed by atoms with Gasteiger partial charge < -0.3 is 0 Å². The Morgan fingerprint density at radius 1 is 1.12 bits per heavy atom. The van der Waals surface area contributed by atoms with Crippen LogP contribution in [0.4, 0.5) is 0 Å². The molecule has 0 heterocycles. The van der Waals surface area contributed by atoms with Crippen molar-refractivity contribution in [3.05, 3.63) is 0 Å². The Labute approximate surface area is 66.2 Å². The van der Waals surface area contributed by atoms with E-state index >= 15 is 0 Å². The molecule has 1 saturated carbocycles. The lowest BCUT2D eigenvalue weighted by Gasteiger charge is -1.88. The minimum atomic E-state index is 1.02. The van der Waals surface area contributed by atoms with Crippen LogP contribution < -0.4 is 0 Å². The van der Waals surface area contributed by atoms with E-state index in [-0.39, 0.29) is 0 Å². The Morgan fingerprint density at radius 3 is 1.62 bits per heavy atom. The Balaban J connectivity index is 0.000000222. The van der Waals surface area contributed by atoms with Crippen LogP contribution in [0.5, 0.6) is 0 Å². The molecule has 1 aliphatic rings. The van der Waals surface area contributed by atoms with Gasteiger partial charge in [-0.1, -0.05) is 49.3 Å². The summed E-state index contributed by atoms with van der Waals surface area (Å²) >= 11 is 2.53. The highest BCUT2D eigenvalue weighted by atomic mass is 127. The van der Waals surface area contributed by atoms with Crippen LogP contribution in [0.1, 0.15) is 39.5 Å². The molecule has 1 fully saturated rings. The molecule has 0 atom stereocenters. The van der Waals surface area contributed by atoms with Crippen molar-refractivity contribution in [2.24, 2.45) is 0 Å². The lowest BCUT2D eigenvalue weighted by atomic mass is 10.4. The number of hydrogen-bond acceptors (Lipinski definition) is 0. The average molecular weight is 226 g/mol. The molecular weight excluding hydrogens is 211 g/mol. The monoisotopic (exact) mass is 226 g/mol. The molecular formula is C7H15I. The van der Waals surface area contributed by atoms with E-state index < -0.39 is 0 Å². The molecule has 1 rings (SSSR count). The fraction of sp³-hybridized carbons (Fsp3) is 1.00. The molecule has 0 radical (unpaired) electrons. The molecule has 0 aliphatic heterocycles. The van der Waals surface area contributed by atoms with Gasteiger partial charge in [0, 0.05) is 3.92 Å². The van der Waals surface area contributed by atoms with Crippen molar-refractivity contribution in [1.29, 1.82) is 0 Å². The van der Waals surface area contributed by atoms with Gasteiger partial charge in [-0.3, -0.25) is 0 Å². The minimum absolute atomic E-state index is 1.02. The first-order valence-electron chi connectivity index (χ1n) is 3.53. The Kier molecular flexibility index (Phi) is 6.39. The molecule has 0 amide bonds. The van der Waals surface area contributed by atoms with Crippen molar-refractivity contribution in [2.45, 2.75) is 43.5 Å². The summed E-state index contributed by atoms with van der Waals surface area (Å²) < 4.78 is 1.02. The third-order valence-corrected chi connectivity index (χ3v) is 2.53. The van der Waals surface area contributed by atoms with Gasteiger partial charge in [0.05, 0.1) is 0 Å².